The first kappa shape index (κ1) is 18.7. The molecule has 0 radical (unpaired) electrons. The Hall–Kier alpha value is -2.04. The minimum absolute atomic E-state index is 0.0526. The molecule has 10 heteroatoms. The smallest absolute Gasteiger partial charge is 0.311 e. The summed E-state index contributed by atoms with van der Waals surface area (Å²) < 4.78 is 13.4. The fraction of sp³-hybridized carbons (Fsp3) is 0.625. The van der Waals surface area contributed by atoms with E-state index in [1.54, 1.807) is 6.92 Å². The number of ether oxygens (including phenoxy) is 2. The number of hydrogen-bond acceptors (Lipinski definition) is 9. The predicted octanol–water partition coefficient (Wildman–Crippen LogP) is 1.06. The van der Waals surface area contributed by atoms with Crippen LogP contribution in [0.4, 0.5) is 5.95 Å². The third kappa shape index (κ3) is 3.44. The van der Waals surface area contributed by atoms with Gasteiger partial charge in [0.05, 0.1) is 23.1 Å². The highest BCUT2D eigenvalue weighted by Crippen LogP contribution is 2.40. The molecule has 0 saturated carbocycles. The van der Waals surface area contributed by atoms with Crippen molar-refractivity contribution in [3.8, 4) is 0 Å². The van der Waals surface area contributed by atoms with Gasteiger partial charge in [-0.25, -0.2) is 4.98 Å². The molecule has 1 aliphatic heterocycles. The van der Waals surface area contributed by atoms with Crippen LogP contribution in [0.3, 0.4) is 0 Å². The highest BCUT2D eigenvalue weighted by atomic mass is 32.1. The average molecular weight is 382 g/mol. The molecular weight excluding hydrogens is 360 g/mol. The fourth-order valence-electron chi connectivity index (χ4n) is 3.33. The van der Waals surface area contributed by atoms with E-state index in [2.05, 4.69) is 9.97 Å². The van der Waals surface area contributed by atoms with Gasteiger partial charge in [-0.3, -0.25) is 14.2 Å². The maximum atomic E-state index is 12.6. The van der Waals surface area contributed by atoms with Crippen molar-refractivity contribution >= 4 is 33.6 Å². The van der Waals surface area contributed by atoms with Gasteiger partial charge in [0.1, 0.15) is 12.3 Å². The number of nitrogens with two attached hydrogens (primary N) is 1. The second-order valence-corrected chi connectivity index (χ2v) is 7.40. The number of hydrogen-bond donors (Lipinski definition) is 2. The van der Waals surface area contributed by atoms with Gasteiger partial charge in [0.2, 0.25) is 5.95 Å². The number of aliphatic hydroxyl groups excluding tert-OH is 1. The number of aromatic nitrogens is 3. The summed E-state index contributed by atoms with van der Waals surface area (Å²) in [6.07, 6.45) is 0.122. The van der Waals surface area contributed by atoms with Gasteiger partial charge in [-0.05, 0) is 19.8 Å². The number of carbonyl (C=O) groups excluding carboxylic acids is 1. The largest absolute Gasteiger partial charge is 0.462 e. The highest BCUT2D eigenvalue weighted by Gasteiger charge is 2.44. The normalized spacial score (nSPS) is 25.3. The molecule has 2 unspecified atom stereocenters. The lowest BCUT2D eigenvalue weighted by Crippen LogP contribution is -2.32. The molecule has 0 bridgehead atoms. The van der Waals surface area contributed by atoms with Crippen LogP contribution >= 0.6 is 11.3 Å². The van der Waals surface area contributed by atoms with Crippen LogP contribution in [0, 0.1) is 5.92 Å². The number of anilines is 1. The summed E-state index contributed by atoms with van der Waals surface area (Å²) >= 11 is 0.994. The van der Waals surface area contributed by atoms with Crippen LogP contribution in [0.25, 0.3) is 10.3 Å². The standard InChI is InChI=1S/C16H22N4O5S/c1-4-10(22)11-5-9(7(2)24-8(3)21)14(25-11)20-13-12(26-16(20)23)6-18-15(17)19-13/h6-7,9-11,14,22H,4-5H2,1-3H3,(H2,17,18,19)/t7?,9-,10?,11-,14+/m0/s1. The van der Waals surface area contributed by atoms with E-state index in [0.29, 0.717) is 23.2 Å². The van der Waals surface area contributed by atoms with E-state index < -0.39 is 30.5 Å². The van der Waals surface area contributed by atoms with Crippen molar-refractivity contribution in [3.63, 3.8) is 0 Å². The predicted molar refractivity (Wildman–Crippen MR) is 95.6 cm³/mol. The van der Waals surface area contributed by atoms with Crippen molar-refractivity contribution in [2.45, 2.75) is 58.2 Å². The van der Waals surface area contributed by atoms with Crippen LogP contribution in [-0.2, 0) is 14.3 Å². The number of nitrogens with zero attached hydrogens (tertiary/aromatic N) is 3. The summed E-state index contributed by atoms with van der Waals surface area (Å²) in [4.78, 5) is 31.8. The molecule has 0 aromatic carbocycles. The summed E-state index contributed by atoms with van der Waals surface area (Å²) in [7, 11) is 0. The maximum absolute atomic E-state index is 12.6. The summed E-state index contributed by atoms with van der Waals surface area (Å²) in [6.45, 7) is 4.94. The Balaban J connectivity index is 2.04. The van der Waals surface area contributed by atoms with Gasteiger partial charge in [0, 0.05) is 12.8 Å². The number of esters is 1. The van der Waals surface area contributed by atoms with E-state index in [1.165, 1.54) is 17.7 Å². The van der Waals surface area contributed by atoms with Crippen molar-refractivity contribution in [1.82, 2.24) is 14.5 Å². The number of aliphatic hydroxyl groups is 1. The minimum atomic E-state index is -0.717. The average Bonchev–Trinajstić information content (AvgIpc) is 3.13. The topological polar surface area (TPSA) is 130 Å². The molecule has 1 saturated heterocycles. The van der Waals surface area contributed by atoms with E-state index in [1.807, 2.05) is 6.92 Å². The van der Waals surface area contributed by atoms with Crippen molar-refractivity contribution in [2.24, 2.45) is 5.92 Å². The zero-order valence-corrected chi connectivity index (χ0v) is 15.6. The lowest BCUT2D eigenvalue weighted by molar-refractivity contribution is -0.150. The zero-order chi connectivity index (χ0) is 19.0. The third-order valence-electron chi connectivity index (χ3n) is 4.62. The van der Waals surface area contributed by atoms with Gasteiger partial charge in [0.25, 0.3) is 0 Å². The van der Waals surface area contributed by atoms with Crippen LogP contribution in [0.1, 0.15) is 39.8 Å². The first-order valence-electron chi connectivity index (χ1n) is 8.46. The Labute approximate surface area is 153 Å². The Morgan fingerprint density at radius 1 is 1.62 bits per heavy atom. The Bertz CT molecular complexity index is 866. The molecule has 1 aliphatic rings. The molecule has 0 aliphatic carbocycles. The number of fused-ring (bicyclic) bond motifs is 1. The van der Waals surface area contributed by atoms with Crippen LogP contribution < -0.4 is 10.6 Å². The highest BCUT2D eigenvalue weighted by molar-refractivity contribution is 7.16. The van der Waals surface area contributed by atoms with E-state index in [4.69, 9.17) is 15.2 Å². The lowest BCUT2D eigenvalue weighted by Gasteiger charge is -2.24. The Morgan fingerprint density at radius 2 is 2.35 bits per heavy atom. The van der Waals surface area contributed by atoms with Crippen molar-refractivity contribution in [1.29, 1.82) is 0 Å². The van der Waals surface area contributed by atoms with Gasteiger partial charge in [-0.1, -0.05) is 18.3 Å². The molecule has 3 N–H and O–H groups in total. The molecular formula is C16H22N4O5S. The van der Waals surface area contributed by atoms with Crippen LogP contribution in [0.15, 0.2) is 11.0 Å². The molecule has 142 valence electrons. The molecule has 1 fully saturated rings. The first-order chi connectivity index (χ1) is 12.3. The van der Waals surface area contributed by atoms with Gasteiger partial charge in [0.15, 0.2) is 5.65 Å². The van der Waals surface area contributed by atoms with Crippen molar-refractivity contribution in [3.05, 3.63) is 15.9 Å². The summed E-state index contributed by atoms with van der Waals surface area (Å²) in [5, 5.41) is 10.2. The fourth-order valence-corrected chi connectivity index (χ4v) is 4.15. The third-order valence-corrected chi connectivity index (χ3v) is 5.50. The molecule has 2 aromatic heterocycles. The van der Waals surface area contributed by atoms with E-state index >= 15 is 0 Å². The second kappa shape index (κ2) is 7.29. The van der Waals surface area contributed by atoms with Gasteiger partial charge >= 0.3 is 10.8 Å². The van der Waals surface area contributed by atoms with Crippen LogP contribution in [0.5, 0.6) is 0 Å². The molecule has 2 aromatic rings. The van der Waals surface area contributed by atoms with Crippen molar-refractivity contribution < 1.29 is 19.4 Å². The van der Waals surface area contributed by atoms with Gasteiger partial charge in [-0.15, -0.1) is 0 Å². The molecule has 3 heterocycles. The number of rotatable bonds is 5. The summed E-state index contributed by atoms with van der Waals surface area (Å²) in [6, 6.07) is 0. The monoisotopic (exact) mass is 382 g/mol. The molecule has 26 heavy (non-hydrogen) atoms. The lowest BCUT2D eigenvalue weighted by atomic mass is 9.95. The van der Waals surface area contributed by atoms with E-state index in [9.17, 15) is 14.7 Å². The molecule has 0 spiro atoms. The summed E-state index contributed by atoms with van der Waals surface area (Å²) in [5.74, 6) is -0.668. The molecule has 9 nitrogen and oxygen atoms in total. The molecule has 3 rings (SSSR count). The van der Waals surface area contributed by atoms with Gasteiger partial charge < -0.3 is 20.3 Å². The van der Waals surface area contributed by atoms with Crippen LogP contribution in [-0.4, -0.2) is 43.9 Å². The molecule has 0 amide bonds. The summed E-state index contributed by atoms with van der Waals surface area (Å²) in [5.41, 5.74) is 6.05. The number of thiazole rings is 1. The molecule has 5 atom stereocenters. The maximum Gasteiger partial charge on any atom is 0.311 e. The van der Waals surface area contributed by atoms with E-state index in [-0.39, 0.29) is 16.7 Å². The Kier molecular flexibility index (Phi) is 5.26. The quantitative estimate of drug-likeness (QED) is 0.734. The second-order valence-electron chi connectivity index (χ2n) is 6.41. The first-order valence-corrected chi connectivity index (χ1v) is 9.27. The Morgan fingerprint density at radius 3 is 3.00 bits per heavy atom. The number of carbonyl (C=O) groups is 1. The zero-order valence-electron chi connectivity index (χ0n) is 14.8. The minimum Gasteiger partial charge on any atom is -0.462 e. The van der Waals surface area contributed by atoms with Crippen LogP contribution in [0.2, 0.25) is 0 Å². The number of nitrogen functional groups attached to an aromatic ring is 1. The van der Waals surface area contributed by atoms with Crippen molar-refractivity contribution in [2.75, 3.05) is 5.73 Å². The van der Waals surface area contributed by atoms with E-state index in [0.717, 1.165) is 11.3 Å². The SMILES string of the molecule is CCC(O)[C@@H]1C[C@@H](C(C)OC(C)=O)[C@H](n2c(=O)sc3cnc(N)nc32)O1. The van der Waals surface area contributed by atoms with Gasteiger partial charge in [-0.2, -0.15) is 4.98 Å².